The summed E-state index contributed by atoms with van der Waals surface area (Å²) in [6.45, 7) is 4.61. The van der Waals surface area contributed by atoms with E-state index in [0.29, 0.717) is 6.54 Å². The summed E-state index contributed by atoms with van der Waals surface area (Å²) in [4.78, 5) is 12.1. The number of nitrogens with zero attached hydrogens (tertiary/aromatic N) is 1. The molecule has 0 bridgehead atoms. The van der Waals surface area contributed by atoms with Gasteiger partial charge in [-0.2, -0.15) is 5.06 Å². The SMILES string of the molecule is Cc1cccc(-c2cc(C)ccc2C2CN(O)CC2=O)c1. The van der Waals surface area contributed by atoms with Gasteiger partial charge in [-0.05, 0) is 30.5 Å². The number of ketones is 1. The lowest BCUT2D eigenvalue weighted by molar-refractivity contribution is -0.122. The highest BCUT2D eigenvalue weighted by Gasteiger charge is 2.32. The quantitative estimate of drug-likeness (QED) is 0.918. The highest BCUT2D eigenvalue weighted by atomic mass is 16.5. The van der Waals surface area contributed by atoms with Gasteiger partial charge in [0, 0.05) is 6.54 Å². The summed E-state index contributed by atoms with van der Waals surface area (Å²) in [7, 11) is 0. The van der Waals surface area contributed by atoms with E-state index >= 15 is 0 Å². The van der Waals surface area contributed by atoms with Gasteiger partial charge in [0.05, 0.1) is 12.5 Å². The summed E-state index contributed by atoms with van der Waals surface area (Å²) >= 11 is 0. The molecular weight excluding hydrogens is 262 g/mol. The van der Waals surface area contributed by atoms with E-state index in [2.05, 4.69) is 38.1 Å². The number of carbonyl (C=O) groups excluding carboxylic acids is 1. The number of Topliss-reactive ketones (excluding diaryl/α,β-unsaturated/α-hetero) is 1. The fourth-order valence-corrected chi connectivity index (χ4v) is 2.98. The molecule has 1 atom stereocenters. The van der Waals surface area contributed by atoms with E-state index in [0.717, 1.165) is 21.8 Å². The first-order chi connectivity index (χ1) is 10.0. The Balaban J connectivity index is 2.12. The number of aryl methyl sites for hydroxylation is 2. The minimum absolute atomic E-state index is 0.0789. The molecule has 0 amide bonds. The van der Waals surface area contributed by atoms with Crippen LogP contribution in [0, 0.1) is 13.8 Å². The lowest BCUT2D eigenvalue weighted by Crippen LogP contribution is -2.14. The van der Waals surface area contributed by atoms with E-state index in [1.54, 1.807) is 0 Å². The number of hydrogen-bond acceptors (Lipinski definition) is 3. The van der Waals surface area contributed by atoms with Gasteiger partial charge in [0.15, 0.2) is 5.78 Å². The maximum atomic E-state index is 12.1. The van der Waals surface area contributed by atoms with Crippen molar-refractivity contribution < 1.29 is 10.0 Å². The molecule has 0 spiro atoms. The maximum absolute atomic E-state index is 12.1. The summed E-state index contributed by atoms with van der Waals surface area (Å²) in [5.41, 5.74) is 5.58. The molecule has 0 saturated carbocycles. The van der Waals surface area contributed by atoms with Crippen LogP contribution in [0.25, 0.3) is 11.1 Å². The van der Waals surface area contributed by atoms with Crippen molar-refractivity contribution in [1.29, 1.82) is 0 Å². The highest BCUT2D eigenvalue weighted by molar-refractivity contribution is 5.91. The third kappa shape index (κ3) is 2.75. The molecule has 2 aromatic rings. The van der Waals surface area contributed by atoms with Crippen LogP contribution in [0.3, 0.4) is 0 Å². The molecule has 3 rings (SSSR count). The van der Waals surface area contributed by atoms with Crippen LogP contribution < -0.4 is 0 Å². The van der Waals surface area contributed by atoms with E-state index < -0.39 is 0 Å². The molecule has 0 aliphatic carbocycles. The van der Waals surface area contributed by atoms with Crippen molar-refractivity contribution in [1.82, 2.24) is 5.06 Å². The van der Waals surface area contributed by atoms with Crippen molar-refractivity contribution in [2.45, 2.75) is 19.8 Å². The summed E-state index contributed by atoms with van der Waals surface area (Å²) < 4.78 is 0. The summed E-state index contributed by atoms with van der Waals surface area (Å²) in [5, 5.41) is 10.7. The number of hydroxylamine groups is 2. The molecule has 1 fully saturated rings. The highest BCUT2D eigenvalue weighted by Crippen LogP contribution is 2.33. The van der Waals surface area contributed by atoms with Crippen LogP contribution in [0.5, 0.6) is 0 Å². The molecule has 2 aromatic carbocycles. The maximum Gasteiger partial charge on any atom is 0.158 e. The van der Waals surface area contributed by atoms with Gasteiger partial charge >= 0.3 is 0 Å². The van der Waals surface area contributed by atoms with Crippen LogP contribution in [0.15, 0.2) is 42.5 Å². The Morgan fingerprint density at radius 3 is 2.52 bits per heavy atom. The zero-order valence-corrected chi connectivity index (χ0v) is 12.3. The lowest BCUT2D eigenvalue weighted by Gasteiger charge is -2.16. The fourth-order valence-electron chi connectivity index (χ4n) is 2.98. The van der Waals surface area contributed by atoms with Crippen molar-refractivity contribution in [2.24, 2.45) is 0 Å². The van der Waals surface area contributed by atoms with Crippen molar-refractivity contribution in [3.63, 3.8) is 0 Å². The summed E-state index contributed by atoms with van der Waals surface area (Å²) in [6, 6.07) is 14.5. The number of hydrogen-bond donors (Lipinski definition) is 1. The molecule has 0 aromatic heterocycles. The second-order valence-electron chi connectivity index (χ2n) is 5.83. The van der Waals surface area contributed by atoms with Gasteiger partial charge in [0.25, 0.3) is 0 Å². The van der Waals surface area contributed by atoms with Crippen molar-refractivity contribution in [2.75, 3.05) is 13.1 Å². The minimum atomic E-state index is -0.244. The van der Waals surface area contributed by atoms with Crippen LogP contribution in [0.1, 0.15) is 22.6 Å². The van der Waals surface area contributed by atoms with Gasteiger partial charge in [-0.15, -0.1) is 0 Å². The lowest BCUT2D eigenvalue weighted by atomic mass is 9.88. The van der Waals surface area contributed by atoms with E-state index in [4.69, 9.17) is 0 Å². The zero-order valence-electron chi connectivity index (χ0n) is 12.3. The normalized spacial score (nSPS) is 19.2. The topological polar surface area (TPSA) is 40.5 Å². The standard InChI is InChI=1S/C18H19NO2/c1-12-4-3-5-14(8-12)16-9-13(2)6-7-15(16)17-10-19(21)11-18(17)20/h3-9,17,21H,10-11H2,1-2H3. The molecule has 1 saturated heterocycles. The predicted octanol–water partition coefficient (Wildman–Crippen LogP) is 3.33. The minimum Gasteiger partial charge on any atom is -0.314 e. The van der Waals surface area contributed by atoms with Gasteiger partial charge in [-0.3, -0.25) is 4.79 Å². The van der Waals surface area contributed by atoms with Gasteiger partial charge < -0.3 is 5.21 Å². The van der Waals surface area contributed by atoms with Crippen LogP contribution in [0.2, 0.25) is 0 Å². The van der Waals surface area contributed by atoms with Crippen LogP contribution in [-0.4, -0.2) is 29.1 Å². The summed E-state index contributed by atoms with van der Waals surface area (Å²) in [5.74, 6) is -0.165. The molecule has 1 aliphatic heterocycles. The third-order valence-electron chi connectivity index (χ3n) is 4.03. The molecule has 3 nitrogen and oxygen atoms in total. The Morgan fingerprint density at radius 2 is 1.86 bits per heavy atom. The second kappa shape index (κ2) is 5.43. The van der Waals surface area contributed by atoms with Gasteiger partial charge in [0.1, 0.15) is 0 Å². The van der Waals surface area contributed by atoms with Crippen LogP contribution in [-0.2, 0) is 4.79 Å². The molecule has 1 unspecified atom stereocenters. The van der Waals surface area contributed by atoms with E-state index in [-0.39, 0.29) is 18.2 Å². The average Bonchev–Trinajstić information content (AvgIpc) is 2.77. The van der Waals surface area contributed by atoms with E-state index in [9.17, 15) is 10.0 Å². The Hall–Kier alpha value is -1.97. The first-order valence-electron chi connectivity index (χ1n) is 7.19. The Labute approximate surface area is 124 Å². The molecular formula is C18H19NO2. The van der Waals surface area contributed by atoms with E-state index in [1.807, 2.05) is 18.2 Å². The Morgan fingerprint density at radius 1 is 1.10 bits per heavy atom. The van der Waals surface area contributed by atoms with Gasteiger partial charge in [0.2, 0.25) is 0 Å². The monoisotopic (exact) mass is 281 g/mol. The molecule has 1 aliphatic rings. The van der Waals surface area contributed by atoms with Gasteiger partial charge in [-0.1, -0.05) is 53.6 Å². The molecule has 108 valence electrons. The first kappa shape index (κ1) is 14.0. The number of benzene rings is 2. The molecule has 1 heterocycles. The third-order valence-corrected chi connectivity index (χ3v) is 4.03. The van der Waals surface area contributed by atoms with Crippen molar-refractivity contribution >= 4 is 5.78 Å². The zero-order chi connectivity index (χ0) is 15.0. The predicted molar refractivity (Wildman–Crippen MR) is 82.5 cm³/mol. The number of carbonyl (C=O) groups is 1. The first-order valence-corrected chi connectivity index (χ1v) is 7.19. The van der Waals surface area contributed by atoms with E-state index in [1.165, 1.54) is 11.1 Å². The molecule has 21 heavy (non-hydrogen) atoms. The molecule has 1 N–H and O–H groups in total. The fraction of sp³-hybridized carbons (Fsp3) is 0.278. The second-order valence-corrected chi connectivity index (χ2v) is 5.83. The van der Waals surface area contributed by atoms with Gasteiger partial charge in [-0.25, -0.2) is 0 Å². The van der Waals surface area contributed by atoms with Crippen LogP contribution in [0.4, 0.5) is 0 Å². The summed E-state index contributed by atoms with van der Waals surface area (Å²) in [6.07, 6.45) is 0. The molecule has 0 radical (unpaired) electrons. The van der Waals surface area contributed by atoms with Crippen LogP contribution >= 0.6 is 0 Å². The molecule has 3 heteroatoms. The largest absolute Gasteiger partial charge is 0.314 e. The Bertz CT molecular complexity index is 693. The van der Waals surface area contributed by atoms with Crippen molar-refractivity contribution in [3.8, 4) is 11.1 Å². The average molecular weight is 281 g/mol. The van der Waals surface area contributed by atoms with Crippen molar-refractivity contribution in [3.05, 3.63) is 59.2 Å². The Kier molecular flexibility index (Phi) is 3.62. The smallest absolute Gasteiger partial charge is 0.158 e. The number of rotatable bonds is 2.